The van der Waals surface area contributed by atoms with Gasteiger partial charge in [0, 0.05) is 6.20 Å². The molecule has 3 aromatic rings. The molecule has 1 N–H and O–H groups in total. The number of furan rings is 1. The third-order valence-electron chi connectivity index (χ3n) is 2.99. The van der Waals surface area contributed by atoms with Crippen molar-refractivity contribution in [2.45, 2.75) is 6.61 Å². The lowest BCUT2D eigenvalue weighted by molar-refractivity contribution is 0.0992. The molecule has 2 aromatic heterocycles. The quantitative estimate of drug-likeness (QED) is 0.781. The van der Waals surface area contributed by atoms with E-state index in [1.807, 2.05) is 0 Å². The molecular weight excluding hydrogens is 299 g/mol. The van der Waals surface area contributed by atoms with Crippen LogP contribution < -0.4 is 10.1 Å². The Morgan fingerprint density at radius 2 is 1.96 bits per heavy atom. The van der Waals surface area contributed by atoms with E-state index >= 15 is 0 Å². The first-order chi connectivity index (χ1) is 11.2. The third kappa shape index (κ3) is 3.94. The van der Waals surface area contributed by atoms with Gasteiger partial charge in [0.05, 0.1) is 0 Å². The number of nitrogens with zero attached hydrogens (tertiary/aromatic N) is 1. The number of carbonyl (C=O) groups excluding carboxylic acids is 1. The van der Waals surface area contributed by atoms with Gasteiger partial charge < -0.3 is 14.5 Å². The highest BCUT2D eigenvalue weighted by molar-refractivity contribution is 6.01. The molecule has 0 fully saturated rings. The predicted molar refractivity (Wildman–Crippen MR) is 81.6 cm³/mol. The second-order valence-electron chi connectivity index (χ2n) is 4.68. The highest BCUT2D eigenvalue weighted by atomic mass is 19.1. The zero-order valence-electron chi connectivity index (χ0n) is 12.0. The molecule has 5 nitrogen and oxygen atoms in total. The summed E-state index contributed by atoms with van der Waals surface area (Å²) in [6, 6.07) is 14.1. The Bertz CT molecular complexity index is 785. The van der Waals surface area contributed by atoms with Crippen molar-refractivity contribution in [3.8, 4) is 5.75 Å². The topological polar surface area (TPSA) is 64.4 Å². The zero-order chi connectivity index (χ0) is 16.1. The Kier molecular flexibility index (Phi) is 4.33. The van der Waals surface area contributed by atoms with Crippen molar-refractivity contribution < 1.29 is 18.3 Å². The molecule has 116 valence electrons. The lowest BCUT2D eigenvalue weighted by Gasteiger charge is -2.04. The molecule has 0 saturated heterocycles. The Labute approximate surface area is 131 Å². The maximum absolute atomic E-state index is 12.8. The maximum atomic E-state index is 12.8. The van der Waals surface area contributed by atoms with Crippen molar-refractivity contribution in [3.05, 3.63) is 78.1 Å². The van der Waals surface area contributed by atoms with Crippen molar-refractivity contribution in [1.82, 2.24) is 4.98 Å². The van der Waals surface area contributed by atoms with Gasteiger partial charge in [0.1, 0.15) is 29.8 Å². The van der Waals surface area contributed by atoms with E-state index in [0.717, 1.165) is 0 Å². The number of rotatable bonds is 5. The van der Waals surface area contributed by atoms with Gasteiger partial charge in [-0.1, -0.05) is 6.07 Å². The highest BCUT2D eigenvalue weighted by Crippen LogP contribution is 2.15. The SMILES string of the molecule is O=C(Nc1ccccn1)c1ccc(COc2ccc(F)cc2)o1. The molecule has 0 bridgehead atoms. The summed E-state index contributed by atoms with van der Waals surface area (Å²) in [6.07, 6.45) is 1.58. The van der Waals surface area contributed by atoms with Crippen molar-refractivity contribution in [3.63, 3.8) is 0 Å². The molecule has 1 amide bonds. The summed E-state index contributed by atoms with van der Waals surface area (Å²) in [6.45, 7) is 0.141. The summed E-state index contributed by atoms with van der Waals surface area (Å²) in [5, 5.41) is 2.63. The second kappa shape index (κ2) is 6.74. The summed E-state index contributed by atoms with van der Waals surface area (Å²) in [5.41, 5.74) is 0. The molecule has 1 aromatic carbocycles. The summed E-state index contributed by atoms with van der Waals surface area (Å²) >= 11 is 0. The number of nitrogens with one attached hydrogen (secondary N) is 1. The van der Waals surface area contributed by atoms with Crippen molar-refractivity contribution in [2.24, 2.45) is 0 Å². The van der Waals surface area contributed by atoms with E-state index in [2.05, 4.69) is 10.3 Å². The minimum Gasteiger partial charge on any atom is -0.486 e. The van der Waals surface area contributed by atoms with Crippen molar-refractivity contribution in [2.75, 3.05) is 5.32 Å². The van der Waals surface area contributed by atoms with Gasteiger partial charge in [0.15, 0.2) is 5.76 Å². The number of pyridine rings is 1. The number of anilines is 1. The fraction of sp³-hybridized carbons (Fsp3) is 0.0588. The zero-order valence-corrected chi connectivity index (χ0v) is 12.0. The lowest BCUT2D eigenvalue weighted by atomic mass is 10.3. The number of hydrogen-bond donors (Lipinski definition) is 1. The van der Waals surface area contributed by atoms with Crippen LogP contribution in [-0.4, -0.2) is 10.9 Å². The van der Waals surface area contributed by atoms with Crippen LogP contribution in [0, 0.1) is 5.82 Å². The first-order valence-electron chi connectivity index (χ1n) is 6.90. The Morgan fingerprint density at radius 3 is 2.70 bits per heavy atom. The van der Waals surface area contributed by atoms with E-state index in [-0.39, 0.29) is 18.2 Å². The summed E-state index contributed by atoms with van der Waals surface area (Å²) in [5.74, 6) is 0.884. The van der Waals surface area contributed by atoms with Crippen LogP contribution >= 0.6 is 0 Å². The molecule has 0 saturated carbocycles. The fourth-order valence-corrected chi connectivity index (χ4v) is 1.88. The largest absolute Gasteiger partial charge is 0.486 e. The Hall–Kier alpha value is -3.15. The standard InChI is InChI=1S/C17H13FN2O3/c18-12-4-6-13(7-5-12)22-11-14-8-9-15(23-14)17(21)20-16-3-1-2-10-19-16/h1-10H,11H2,(H,19,20,21). The number of benzene rings is 1. The molecule has 0 atom stereocenters. The molecule has 0 radical (unpaired) electrons. The minimum atomic E-state index is -0.392. The maximum Gasteiger partial charge on any atom is 0.292 e. The lowest BCUT2D eigenvalue weighted by Crippen LogP contribution is -2.11. The van der Waals surface area contributed by atoms with Gasteiger partial charge in [-0.2, -0.15) is 0 Å². The van der Waals surface area contributed by atoms with Gasteiger partial charge in [-0.25, -0.2) is 9.37 Å². The van der Waals surface area contributed by atoms with Crippen LogP contribution in [0.15, 0.2) is 65.2 Å². The van der Waals surface area contributed by atoms with Gasteiger partial charge in [-0.3, -0.25) is 4.79 Å². The van der Waals surface area contributed by atoms with Gasteiger partial charge in [0.2, 0.25) is 0 Å². The number of ether oxygens (including phenoxy) is 1. The molecule has 0 aliphatic heterocycles. The van der Waals surface area contributed by atoms with E-state index in [1.165, 1.54) is 24.3 Å². The van der Waals surface area contributed by atoms with Crippen LogP contribution in [0.5, 0.6) is 5.75 Å². The van der Waals surface area contributed by atoms with Crippen molar-refractivity contribution >= 4 is 11.7 Å². The average molecular weight is 312 g/mol. The smallest absolute Gasteiger partial charge is 0.292 e. The first-order valence-corrected chi connectivity index (χ1v) is 6.90. The molecule has 0 spiro atoms. The molecule has 23 heavy (non-hydrogen) atoms. The number of hydrogen-bond acceptors (Lipinski definition) is 4. The van der Waals surface area contributed by atoms with Crippen LogP contribution in [0.4, 0.5) is 10.2 Å². The number of carbonyl (C=O) groups is 1. The number of amides is 1. The van der Waals surface area contributed by atoms with Crippen molar-refractivity contribution in [1.29, 1.82) is 0 Å². The second-order valence-corrected chi connectivity index (χ2v) is 4.68. The van der Waals surface area contributed by atoms with Crippen LogP contribution in [0.3, 0.4) is 0 Å². The van der Waals surface area contributed by atoms with Crippen LogP contribution in [-0.2, 0) is 6.61 Å². The number of halogens is 1. The molecule has 3 rings (SSSR count). The molecule has 6 heteroatoms. The van der Waals surface area contributed by atoms with Crippen LogP contribution in [0.25, 0.3) is 0 Å². The normalized spacial score (nSPS) is 10.3. The minimum absolute atomic E-state index is 0.141. The average Bonchev–Trinajstić information content (AvgIpc) is 3.04. The van der Waals surface area contributed by atoms with E-state index in [9.17, 15) is 9.18 Å². The summed E-state index contributed by atoms with van der Waals surface area (Å²) in [4.78, 5) is 16.0. The van der Waals surface area contributed by atoms with E-state index < -0.39 is 5.91 Å². The Balaban J connectivity index is 1.59. The van der Waals surface area contributed by atoms with E-state index in [4.69, 9.17) is 9.15 Å². The molecule has 0 aliphatic rings. The van der Waals surface area contributed by atoms with Gasteiger partial charge in [0.25, 0.3) is 5.91 Å². The van der Waals surface area contributed by atoms with Gasteiger partial charge in [-0.05, 0) is 48.5 Å². The molecular formula is C17H13FN2O3. The van der Waals surface area contributed by atoms with Gasteiger partial charge in [-0.15, -0.1) is 0 Å². The van der Waals surface area contributed by atoms with Crippen LogP contribution in [0.1, 0.15) is 16.3 Å². The molecule has 2 heterocycles. The van der Waals surface area contributed by atoms with E-state index in [0.29, 0.717) is 17.3 Å². The van der Waals surface area contributed by atoms with E-state index in [1.54, 1.807) is 36.5 Å². The predicted octanol–water partition coefficient (Wildman–Crippen LogP) is 3.65. The molecule has 0 aliphatic carbocycles. The number of aromatic nitrogens is 1. The third-order valence-corrected chi connectivity index (χ3v) is 2.99. The van der Waals surface area contributed by atoms with Crippen LogP contribution in [0.2, 0.25) is 0 Å². The Morgan fingerprint density at radius 1 is 1.13 bits per heavy atom. The first kappa shape index (κ1) is 14.8. The molecule has 0 unspecified atom stereocenters. The monoisotopic (exact) mass is 312 g/mol. The van der Waals surface area contributed by atoms with Gasteiger partial charge >= 0.3 is 0 Å². The highest BCUT2D eigenvalue weighted by Gasteiger charge is 2.12. The fourth-order valence-electron chi connectivity index (χ4n) is 1.88. The summed E-state index contributed by atoms with van der Waals surface area (Å²) < 4.78 is 23.7. The summed E-state index contributed by atoms with van der Waals surface area (Å²) in [7, 11) is 0.